The van der Waals surface area contributed by atoms with Crippen LogP contribution in [-0.4, -0.2) is 27.8 Å². The van der Waals surface area contributed by atoms with Crippen molar-refractivity contribution in [1.29, 1.82) is 0 Å². The lowest BCUT2D eigenvalue weighted by Gasteiger charge is -2.29. The molecule has 1 aliphatic heterocycles. The van der Waals surface area contributed by atoms with Crippen LogP contribution in [0.5, 0.6) is 11.5 Å². The molecule has 0 fully saturated rings. The minimum atomic E-state index is -0.551. The third-order valence-corrected chi connectivity index (χ3v) is 7.68. The monoisotopic (exact) mass is 587 g/mol. The van der Waals surface area contributed by atoms with Gasteiger partial charge in [-0.2, -0.15) is 10.1 Å². The Morgan fingerprint density at radius 2 is 1.85 bits per heavy atom. The minimum absolute atomic E-state index is 0.227. The fourth-order valence-electron chi connectivity index (χ4n) is 4.73. The summed E-state index contributed by atoms with van der Waals surface area (Å²) < 4.78 is 14.4. The van der Waals surface area contributed by atoms with Crippen molar-refractivity contribution in [2.24, 2.45) is 0 Å². The van der Waals surface area contributed by atoms with E-state index < -0.39 is 6.04 Å². The van der Waals surface area contributed by atoms with Crippen molar-refractivity contribution < 1.29 is 14.3 Å². The van der Waals surface area contributed by atoms with Crippen LogP contribution in [0.2, 0.25) is 0 Å². The molecule has 1 atom stereocenters. The van der Waals surface area contributed by atoms with Crippen molar-refractivity contribution in [2.75, 3.05) is 17.7 Å². The molecule has 5 rings (SSSR count). The average Bonchev–Trinajstić information content (AvgIpc) is 3.38. The molecule has 1 aromatic heterocycles. The van der Waals surface area contributed by atoms with Crippen molar-refractivity contribution in [1.82, 2.24) is 14.8 Å². The number of anilines is 2. The van der Waals surface area contributed by atoms with Crippen LogP contribution >= 0.6 is 15.9 Å². The smallest absolute Gasteiger partial charge is 0.255 e. The molecule has 1 aliphatic rings. The molecule has 1 unspecified atom stereocenters. The van der Waals surface area contributed by atoms with Crippen LogP contribution in [0, 0.1) is 20.8 Å². The second-order valence-corrected chi connectivity index (χ2v) is 10.4. The zero-order chi connectivity index (χ0) is 27.7. The molecular weight excluding hydrogens is 558 g/mol. The zero-order valence-electron chi connectivity index (χ0n) is 22.5. The molecule has 0 saturated carbocycles. The number of halogens is 1. The first kappa shape index (κ1) is 26.5. The summed E-state index contributed by atoms with van der Waals surface area (Å²) in [6, 6.07) is 17.2. The van der Waals surface area contributed by atoms with E-state index in [0.717, 1.165) is 33.5 Å². The van der Waals surface area contributed by atoms with Crippen molar-refractivity contribution in [3.63, 3.8) is 0 Å². The molecule has 0 bridgehead atoms. The number of nitrogens with zero attached hydrogens (tertiary/aromatic N) is 3. The molecule has 0 spiro atoms. The highest BCUT2D eigenvalue weighted by Gasteiger charge is 2.34. The quantitative estimate of drug-likeness (QED) is 0.257. The fourth-order valence-corrected chi connectivity index (χ4v) is 5.30. The number of aromatic nitrogens is 3. The van der Waals surface area contributed by atoms with E-state index in [0.29, 0.717) is 39.8 Å². The van der Waals surface area contributed by atoms with Gasteiger partial charge in [-0.3, -0.25) is 4.79 Å². The number of carbonyl (C=O) groups excluding carboxylic acids is 1. The molecule has 2 heterocycles. The summed E-state index contributed by atoms with van der Waals surface area (Å²) in [6.07, 6.45) is 1.47. The van der Waals surface area contributed by atoms with Crippen LogP contribution in [0.1, 0.15) is 40.8 Å². The number of nitrogens with one attached hydrogen (secondary N) is 2. The molecule has 9 heteroatoms. The third kappa shape index (κ3) is 5.14. The third-order valence-electron chi connectivity index (χ3n) is 7.09. The van der Waals surface area contributed by atoms with E-state index in [-0.39, 0.29) is 5.91 Å². The van der Waals surface area contributed by atoms with E-state index in [1.165, 1.54) is 6.33 Å². The number of carbonyl (C=O) groups is 1. The first-order chi connectivity index (χ1) is 18.8. The Balaban J connectivity index is 1.53. The molecule has 0 aliphatic carbocycles. The number of hydrogen-bond donors (Lipinski definition) is 2. The van der Waals surface area contributed by atoms with Gasteiger partial charge in [-0.1, -0.05) is 36.4 Å². The number of fused-ring (bicyclic) bond motifs is 1. The molecular formula is C30H30BrN5O3. The van der Waals surface area contributed by atoms with Gasteiger partial charge in [-0.25, -0.2) is 4.68 Å². The Kier molecular flexibility index (Phi) is 7.43. The molecule has 39 heavy (non-hydrogen) atoms. The molecule has 3 aromatic carbocycles. The summed E-state index contributed by atoms with van der Waals surface area (Å²) in [5, 5.41) is 10.8. The zero-order valence-corrected chi connectivity index (χ0v) is 24.1. The van der Waals surface area contributed by atoms with Gasteiger partial charge in [0.1, 0.15) is 19.0 Å². The minimum Gasteiger partial charge on any atom is -0.493 e. The van der Waals surface area contributed by atoms with Crippen LogP contribution in [0.25, 0.3) is 0 Å². The summed E-state index contributed by atoms with van der Waals surface area (Å²) in [6.45, 7) is 8.34. The van der Waals surface area contributed by atoms with E-state index >= 15 is 0 Å². The van der Waals surface area contributed by atoms with Crippen LogP contribution in [0.4, 0.5) is 11.6 Å². The highest BCUT2D eigenvalue weighted by Crippen LogP contribution is 2.43. The van der Waals surface area contributed by atoms with Crippen LogP contribution in [0.3, 0.4) is 0 Å². The Labute approximate surface area is 236 Å². The Hall–Kier alpha value is -4.11. The Bertz CT molecular complexity index is 1590. The fraction of sp³-hybridized carbons (Fsp3) is 0.233. The van der Waals surface area contributed by atoms with Gasteiger partial charge in [0.15, 0.2) is 11.5 Å². The SMILES string of the molecule is COc1cc(C2C(C(=O)Nc3cccc(C)c3C)=C(C)Nc3ncnn32)cc(Br)c1OCc1ccccc1C. The van der Waals surface area contributed by atoms with Gasteiger partial charge in [0.05, 0.1) is 17.2 Å². The predicted octanol–water partition coefficient (Wildman–Crippen LogP) is 6.48. The molecule has 0 radical (unpaired) electrons. The number of benzene rings is 3. The summed E-state index contributed by atoms with van der Waals surface area (Å²) in [7, 11) is 1.60. The molecule has 200 valence electrons. The van der Waals surface area contributed by atoms with Crippen molar-refractivity contribution >= 4 is 33.5 Å². The highest BCUT2D eigenvalue weighted by molar-refractivity contribution is 9.10. The molecule has 8 nitrogen and oxygen atoms in total. The van der Waals surface area contributed by atoms with Gasteiger partial charge in [-0.05, 0) is 89.6 Å². The second-order valence-electron chi connectivity index (χ2n) is 9.55. The van der Waals surface area contributed by atoms with Crippen molar-refractivity contribution in [2.45, 2.75) is 40.3 Å². The molecule has 4 aromatic rings. The van der Waals surface area contributed by atoms with E-state index in [4.69, 9.17) is 9.47 Å². The normalized spacial score (nSPS) is 14.5. The maximum atomic E-state index is 13.8. The first-order valence-electron chi connectivity index (χ1n) is 12.6. The number of allylic oxidation sites excluding steroid dienone is 1. The largest absolute Gasteiger partial charge is 0.493 e. The predicted molar refractivity (Wildman–Crippen MR) is 155 cm³/mol. The van der Waals surface area contributed by atoms with Gasteiger partial charge in [0, 0.05) is 11.4 Å². The van der Waals surface area contributed by atoms with E-state index in [1.807, 2.05) is 69.3 Å². The number of ether oxygens (including phenoxy) is 2. The van der Waals surface area contributed by atoms with Gasteiger partial charge < -0.3 is 20.1 Å². The number of methoxy groups -OCH3 is 1. The van der Waals surface area contributed by atoms with Crippen LogP contribution in [0.15, 0.2) is 76.7 Å². The van der Waals surface area contributed by atoms with Crippen LogP contribution < -0.4 is 20.1 Å². The Morgan fingerprint density at radius 1 is 1.08 bits per heavy atom. The maximum absolute atomic E-state index is 13.8. The summed E-state index contributed by atoms with van der Waals surface area (Å²) in [5.41, 5.74) is 7.14. The van der Waals surface area contributed by atoms with E-state index in [2.05, 4.69) is 49.6 Å². The van der Waals surface area contributed by atoms with Crippen molar-refractivity contribution in [3.8, 4) is 11.5 Å². The highest BCUT2D eigenvalue weighted by atomic mass is 79.9. The summed E-state index contributed by atoms with van der Waals surface area (Å²) >= 11 is 3.69. The summed E-state index contributed by atoms with van der Waals surface area (Å²) in [5.74, 6) is 1.45. The number of amides is 1. The lowest BCUT2D eigenvalue weighted by molar-refractivity contribution is -0.113. The molecule has 2 N–H and O–H groups in total. The lowest BCUT2D eigenvalue weighted by atomic mass is 9.94. The average molecular weight is 589 g/mol. The van der Waals surface area contributed by atoms with Crippen molar-refractivity contribution in [3.05, 3.63) is 104 Å². The standard InChI is InChI=1S/C30H30BrN5O3/c1-17-10-8-12-24(19(17)3)35-29(37)26-20(4)34-30-32-16-33-36(30)27(26)22-13-23(31)28(25(14-22)38-5)39-15-21-11-7-6-9-18(21)2/h6-14,16,27H,15H2,1-5H3,(H,35,37)(H,32,33,34). The summed E-state index contributed by atoms with van der Waals surface area (Å²) in [4.78, 5) is 18.2. The molecule has 1 amide bonds. The lowest BCUT2D eigenvalue weighted by Crippen LogP contribution is -2.31. The van der Waals surface area contributed by atoms with Gasteiger partial charge in [-0.15, -0.1) is 0 Å². The van der Waals surface area contributed by atoms with Gasteiger partial charge >= 0.3 is 0 Å². The van der Waals surface area contributed by atoms with E-state index in [9.17, 15) is 4.79 Å². The maximum Gasteiger partial charge on any atom is 0.255 e. The topological polar surface area (TPSA) is 90.3 Å². The van der Waals surface area contributed by atoms with Gasteiger partial charge in [0.25, 0.3) is 5.91 Å². The number of aryl methyl sites for hydroxylation is 2. The molecule has 0 saturated heterocycles. The number of rotatable bonds is 7. The number of hydrogen-bond acceptors (Lipinski definition) is 6. The Morgan fingerprint density at radius 3 is 2.62 bits per heavy atom. The van der Waals surface area contributed by atoms with Crippen LogP contribution in [-0.2, 0) is 11.4 Å². The second kappa shape index (κ2) is 10.9. The van der Waals surface area contributed by atoms with E-state index in [1.54, 1.807) is 11.8 Å². The first-order valence-corrected chi connectivity index (χ1v) is 13.4. The van der Waals surface area contributed by atoms with Gasteiger partial charge in [0.2, 0.25) is 5.95 Å².